The molecule has 0 saturated carbocycles. The molecule has 0 spiro atoms. The van der Waals surface area contributed by atoms with E-state index in [1.165, 1.54) is 22.2 Å². The first kappa shape index (κ1) is 15.6. The third-order valence-electron chi connectivity index (χ3n) is 3.88. The van der Waals surface area contributed by atoms with Crippen LogP contribution in [-0.4, -0.2) is 33.9 Å². The first-order chi connectivity index (χ1) is 10.7. The average Bonchev–Trinajstić information content (AvgIpc) is 2.56. The second kappa shape index (κ2) is 6.89. The summed E-state index contributed by atoms with van der Waals surface area (Å²) in [5.74, 6) is 0. The van der Waals surface area contributed by atoms with E-state index in [1.54, 1.807) is 11.8 Å². The van der Waals surface area contributed by atoms with Crippen molar-refractivity contribution in [3.63, 3.8) is 0 Å². The van der Waals surface area contributed by atoms with Crippen LogP contribution in [-0.2, 0) is 19.5 Å². The number of aromatic nitrogens is 2. The maximum absolute atomic E-state index is 12.2. The summed E-state index contributed by atoms with van der Waals surface area (Å²) in [7, 11) is 0. The zero-order valence-corrected chi connectivity index (χ0v) is 14.4. The normalized spacial score (nSPS) is 14.8. The van der Waals surface area contributed by atoms with Crippen LogP contribution in [0.25, 0.3) is 0 Å². The van der Waals surface area contributed by atoms with Gasteiger partial charge in [-0.25, -0.2) is 4.98 Å². The maximum Gasteiger partial charge on any atom is 0.256 e. The predicted octanol–water partition coefficient (Wildman–Crippen LogP) is 2.77. The lowest BCUT2D eigenvalue weighted by molar-refractivity contribution is 0.241. The van der Waals surface area contributed by atoms with Gasteiger partial charge in [-0.1, -0.05) is 23.9 Å². The Hall–Kier alpha value is -1.24. The number of H-pyrrole nitrogens is 1. The predicted molar refractivity (Wildman–Crippen MR) is 92.7 cm³/mol. The van der Waals surface area contributed by atoms with Gasteiger partial charge in [-0.3, -0.25) is 9.69 Å². The fraction of sp³-hybridized carbons (Fsp3) is 0.375. The molecule has 0 aliphatic carbocycles. The van der Waals surface area contributed by atoms with Crippen molar-refractivity contribution in [3.8, 4) is 0 Å². The number of nitrogens with zero attached hydrogens (tertiary/aromatic N) is 2. The van der Waals surface area contributed by atoms with E-state index in [4.69, 9.17) is 0 Å². The summed E-state index contributed by atoms with van der Waals surface area (Å²) in [5, 5.41) is 0.713. The molecular formula is C16H19N3OS2. The molecule has 0 saturated heterocycles. The molecule has 2 heterocycles. The summed E-state index contributed by atoms with van der Waals surface area (Å²) < 4.78 is 0. The van der Waals surface area contributed by atoms with Crippen molar-refractivity contribution >= 4 is 23.5 Å². The molecule has 116 valence electrons. The molecule has 1 aromatic heterocycles. The van der Waals surface area contributed by atoms with Crippen LogP contribution in [0, 0.1) is 0 Å². The molecule has 1 aliphatic heterocycles. The van der Waals surface area contributed by atoms with Gasteiger partial charge in [0.2, 0.25) is 0 Å². The zero-order chi connectivity index (χ0) is 15.5. The quantitative estimate of drug-likeness (QED) is 0.689. The van der Waals surface area contributed by atoms with Crippen LogP contribution in [0.2, 0.25) is 0 Å². The van der Waals surface area contributed by atoms with Crippen LogP contribution >= 0.6 is 23.5 Å². The Morgan fingerprint density at radius 1 is 1.23 bits per heavy atom. The van der Waals surface area contributed by atoms with E-state index in [9.17, 15) is 4.79 Å². The van der Waals surface area contributed by atoms with Gasteiger partial charge in [0.1, 0.15) is 0 Å². The number of nitrogens with one attached hydrogen (secondary N) is 1. The highest BCUT2D eigenvalue weighted by atomic mass is 32.2. The summed E-state index contributed by atoms with van der Waals surface area (Å²) in [5.41, 5.74) is 3.08. The van der Waals surface area contributed by atoms with E-state index < -0.39 is 0 Å². The SMILES string of the molecule is CSc1ccc(CN2CCc3nc(SC)[nH]c(=O)c3C2)cc1. The minimum absolute atomic E-state index is 0.0109. The lowest BCUT2D eigenvalue weighted by atomic mass is 10.1. The van der Waals surface area contributed by atoms with E-state index in [-0.39, 0.29) is 5.56 Å². The number of fused-ring (bicyclic) bond motifs is 1. The van der Waals surface area contributed by atoms with Crippen molar-refractivity contribution in [1.82, 2.24) is 14.9 Å². The van der Waals surface area contributed by atoms with Gasteiger partial charge in [0, 0.05) is 31.0 Å². The first-order valence-corrected chi connectivity index (χ1v) is 9.66. The topological polar surface area (TPSA) is 49.0 Å². The number of benzene rings is 1. The molecule has 2 aromatic rings. The molecule has 0 radical (unpaired) electrons. The molecule has 0 fully saturated rings. The van der Waals surface area contributed by atoms with Gasteiger partial charge in [-0.05, 0) is 30.2 Å². The van der Waals surface area contributed by atoms with E-state index in [2.05, 4.69) is 45.4 Å². The van der Waals surface area contributed by atoms with Crippen LogP contribution < -0.4 is 5.56 Å². The Morgan fingerprint density at radius 2 is 2.00 bits per heavy atom. The summed E-state index contributed by atoms with van der Waals surface area (Å²) in [4.78, 5) is 23.2. The number of thioether (sulfide) groups is 2. The highest BCUT2D eigenvalue weighted by Gasteiger charge is 2.21. The van der Waals surface area contributed by atoms with Crippen LogP contribution in [0.1, 0.15) is 16.8 Å². The lowest BCUT2D eigenvalue weighted by Crippen LogP contribution is -2.35. The highest BCUT2D eigenvalue weighted by Crippen LogP contribution is 2.20. The minimum atomic E-state index is 0.0109. The zero-order valence-electron chi connectivity index (χ0n) is 12.8. The smallest absolute Gasteiger partial charge is 0.256 e. The van der Waals surface area contributed by atoms with Gasteiger partial charge < -0.3 is 4.98 Å². The molecule has 22 heavy (non-hydrogen) atoms. The van der Waals surface area contributed by atoms with E-state index in [0.29, 0.717) is 11.7 Å². The molecule has 0 unspecified atom stereocenters. The molecule has 1 aromatic carbocycles. The maximum atomic E-state index is 12.2. The van der Waals surface area contributed by atoms with Crippen molar-refractivity contribution in [2.45, 2.75) is 29.6 Å². The second-order valence-corrected chi connectivity index (χ2v) is 6.98. The molecule has 3 rings (SSSR count). The average molecular weight is 333 g/mol. The summed E-state index contributed by atoms with van der Waals surface area (Å²) in [6, 6.07) is 8.63. The Kier molecular flexibility index (Phi) is 4.90. The van der Waals surface area contributed by atoms with Crippen LogP contribution in [0.5, 0.6) is 0 Å². The number of rotatable bonds is 4. The van der Waals surface area contributed by atoms with Gasteiger partial charge in [-0.15, -0.1) is 11.8 Å². The Morgan fingerprint density at radius 3 is 2.68 bits per heavy atom. The van der Waals surface area contributed by atoms with Crippen LogP contribution in [0.3, 0.4) is 0 Å². The number of hydrogen-bond acceptors (Lipinski definition) is 5. The van der Waals surface area contributed by atoms with Gasteiger partial charge in [-0.2, -0.15) is 0 Å². The largest absolute Gasteiger partial charge is 0.301 e. The minimum Gasteiger partial charge on any atom is -0.301 e. The van der Waals surface area contributed by atoms with Gasteiger partial charge >= 0.3 is 0 Å². The lowest BCUT2D eigenvalue weighted by Gasteiger charge is -2.27. The van der Waals surface area contributed by atoms with Crippen molar-refractivity contribution < 1.29 is 0 Å². The number of aromatic amines is 1. The first-order valence-electron chi connectivity index (χ1n) is 7.21. The van der Waals surface area contributed by atoms with Gasteiger partial charge in [0.25, 0.3) is 5.56 Å². The molecule has 0 amide bonds. The van der Waals surface area contributed by atoms with Crippen LogP contribution in [0.15, 0.2) is 39.1 Å². The van der Waals surface area contributed by atoms with E-state index >= 15 is 0 Å². The third-order valence-corrected chi connectivity index (χ3v) is 5.21. The summed E-state index contributed by atoms with van der Waals surface area (Å²) in [6.45, 7) is 2.50. The monoisotopic (exact) mass is 333 g/mol. The van der Waals surface area contributed by atoms with E-state index in [0.717, 1.165) is 30.8 Å². The molecule has 4 nitrogen and oxygen atoms in total. The molecule has 0 bridgehead atoms. The third kappa shape index (κ3) is 3.39. The standard InChI is InChI=1S/C16H19N3OS2/c1-21-12-5-3-11(4-6-12)9-19-8-7-14-13(10-19)15(20)18-16(17-14)22-2/h3-6H,7-10H2,1-2H3,(H,17,18,20). The second-order valence-electron chi connectivity index (χ2n) is 5.31. The van der Waals surface area contributed by atoms with Gasteiger partial charge in [0.15, 0.2) is 5.16 Å². The summed E-state index contributed by atoms with van der Waals surface area (Å²) >= 11 is 3.23. The molecule has 1 aliphatic rings. The molecular weight excluding hydrogens is 314 g/mol. The molecule has 1 N–H and O–H groups in total. The summed E-state index contributed by atoms with van der Waals surface area (Å²) in [6.07, 6.45) is 4.85. The van der Waals surface area contributed by atoms with Crippen LogP contribution in [0.4, 0.5) is 0 Å². The van der Waals surface area contributed by atoms with Crippen molar-refractivity contribution in [2.24, 2.45) is 0 Å². The van der Waals surface area contributed by atoms with Gasteiger partial charge in [0.05, 0.1) is 11.3 Å². The fourth-order valence-electron chi connectivity index (χ4n) is 2.68. The van der Waals surface area contributed by atoms with E-state index in [1.807, 2.05) is 6.26 Å². The fourth-order valence-corrected chi connectivity index (χ4v) is 3.48. The van der Waals surface area contributed by atoms with Crippen molar-refractivity contribution in [1.29, 1.82) is 0 Å². The molecule has 0 atom stereocenters. The van der Waals surface area contributed by atoms with Crippen molar-refractivity contribution in [3.05, 3.63) is 51.4 Å². The Balaban J connectivity index is 1.75. The number of hydrogen-bond donors (Lipinski definition) is 1. The van der Waals surface area contributed by atoms with Crippen molar-refractivity contribution in [2.75, 3.05) is 19.1 Å². The highest BCUT2D eigenvalue weighted by molar-refractivity contribution is 7.98. The Bertz CT molecular complexity index is 712. The molecule has 6 heteroatoms. The Labute approximate surface area is 138 Å².